The zero-order valence-corrected chi connectivity index (χ0v) is 29.1. The number of phosphoric ester groups is 1. The van der Waals surface area contributed by atoms with Crippen LogP contribution in [0.1, 0.15) is 20.8 Å². The number of amides is 1. The Labute approximate surface area is 287 Å². The maximum absolute atomic E-state index is 13.4. The van der Waals surface area contributed by atoms with Crippen molar-refractivity contribution in [1.82, 2.24) is 19.5 Å². The number of phosphoric acid groups is 3. The van der Waals surface area contributed by atoms with Gasteiger partial charge in [0.05, 0.1) is 32.3 Å². The van der Waals surface area contributed by atoms with Gasteiger partial charge in [0.15, 0.2) is 16.8 Å². The summed E-state index contributed by atoms with van der Waals surface area (Å²) in [6.45, 7) is 6.46. The maximum atomic E-state index is 13.4. The lowest BCUT2D eigenvalue weighted by Crippen LogP contribution is -2.34. The summed E-state index contributed by atoms with van der Waals surface area (Å²) in [6, 6.07) is 0. The number of nitrogens with zero attached hydrogens (tertiary/aromatic N) is 4. The van der Waals surface area contributed by atoms with Gasteiger partial charge in [-0.05, 0) is 0 Å². The van der Waals surface area contributed by atoms with E-state index in [0.717, 1.165) is 18.4 Å². The number of thiol groups is 1. The average Bonchev–Trinajstić information content (AvgIpc) is 3.75. The van der Waals surface area contributed by atoms with Crippen molar-refractivity contribution in [2.75, 3.05) is 24.8 Å². The number of imidazole rings is 1. The maximum Gasteiger partial charge on any atom is 0.348 e. The largest absolute Gasteiger partial charge is 0.756 e. The first-order valence-corrected chi connectivity index (χ1v) is 19.1. The number of nitrogens with two attached hydrogens (primary N) is 1. The number of methoxy groups -OCH3 is 1. The van der Waals surface area contributed by atoms with Gasteiger partial charge in [-0.2, -0.15) is 12.6 Å². The van der Waals surface area contributed by atoms with Crippen LogP contribution in [0.3, 0.4) is 0 Å². The lowest BCUT2D eigenvalue weighted by Gasteiger charge is -2.33. The lowest BCUT2D eigenvalue weighted by molar-refractivity contribution is -0.250. The van der Waals surface area contributed by atoms with E-state index in [1.165, 1.54) is 10.9 Å². The van der Waals surface area contributed by atoms with Crippen molar-refractivity contribution < 1.29 is 75.0 Å². The summed E-state index contributed by atoms with van der Waals surface area (Å²) in [6.07, 6.45) is -6.04. The van der Waals surface area contributed by atoms with Crippen molar-refractivity contribution in [2.24, 2.45) is 0 Å². The van der Waals surface area contributed by atoms with Crippen molar-refractivity contribution in [3.8, 4) is 0 Å². The molecule has 0 aliphatic carbocycles. The Hall–Kier alpha value is -2.66. The number of esters is 1. The normalized spacial score (nSPS) is 25.5. The Morgan fingerprint density at radius 1 is 1.24 bits per heavy atom. The van der Waals surface area contributed by atoms with Crippen LogP contribution in [0.4, 0.5) is 17.3 Å². The van der Waals surface area contributed by atoms with E-state index in [-0.39, 0.29) is 43.8 Å². The summed E-state index contributed by atoms with van der Waals surface area (Å²) >= 11 is 10.2. The Kier molecular flexibility index (Phi) is 10.9. The zero-order valence-electron chi connectivity index (χ0n) is 23.9. The molecule has 1 amide bonds. The molecule has 3 aromatic rings. The van der Waals surface area contributed by atoms with E-state index in [0.29, 0.717) is 4.88 Å². The fourth-order valence-electron chi connectivity index (χ4n) is 4.64. The number of hydrogen-bond donors (Lipinski definition) is 5. The standard InChI is InChI=1S/C20H22N7O16P3S3/c1-22-8-7(4-47)49-13(18(29)37-2)9(8)24-15(28)19-40-11-6(3-38-45(33,34)43-46(35,36)42-44(30,31)32)39-17(12(11)41-19)27-5-23-10-14(27)25-20(21)26-16(10)48/h5-6,11-12,17,19,47H,3-4H2,2H3,(H,24,28)(H,33,34)(H,35,36)(H2,30,31,32)(H3,21,25,26,48)/p-3. The quantitative estimate of drug-likeness (QED) is 0.0528. The summed E-state index contributed by atoms with van der Waals surface area (Å²) in [5.41, 5.74) is 5.80. The van der Waals surface area contributed by atoms with Crippen LogP contribution in [0, 0.1) is 11.2 Å². The molecule has 0 radical (unpaired) electrons. The number of carbonyl (C=O) groups is 2. The van der Waals surface area contributed by atoms with Gasteiger partial charge in [-0.25, -0.2) is 28.2 Å². The van der Waals surface area contributed by atoms with Crippen LogP contribution in [0.25, 0.3) is 16.0 Å². The first kappa shape index (κ1) is 37.6. The second-order valence-electron chi connectivity index (χ2n) is 9.53. The van der Waals surface area contributed by atoms with Gasteiger partial charge in [0.1, 0.15) is 34.4 Å². The minimum atomic E-state index is -6.21. The minimum absolute atomic E-state index is 0.00662. The third kappa shape index (κ3) is 8.13. The molecular formula is C20H19N7O16P3S3-3. The van der Waals surface area contributed by atoms with E-state index < -0.39 is 72.8 Å². The molecule has 0 spiro atoms. The second-order valence-corrected chi connectivity index (χ2v) is 15.6. The number of rotatable bonds is 12. The molecular weight excluding hydrogens is 783 g/mol. The number of thiophene rings is 1. The first-order valence-electron chi connectivity index (χ1n) is 12.8. The Morgan fingerprint density at radius 3 is 2.57 bits per heavy atom. The van der Waals surface area contributed by atoms with E-state index in [1.807, 2.05) is 0 Å². The third-order valence-electron chi connectivity index (χ3n) is 6.43. The Balaban J connectivity index is 1.43. The number of anilines is 2. The number of fused-ring (bicyclic) bond motifs is 2. The summed E-state index contributed by atoms with van der Waals surface area (Å²) < 4.78 is 69.7. The number of ether oxygens (including phenoxy) is 4. The number of aromatic amines is 1. The van der Waals surface area contributed by atoms with E-state index in [2.05, 4.69) is 50.9 Å². The molecule has 5 N–H and O–H groups in total. The molecule has 49 heavy (non-hydrogen) atoms. The highest BCUT2D eigenvalue weighted by Gasteiger charge is 2.55. The predicted molar refractivity (Wildman–Crippen MR) is 161 cm³/mol. The zero-order chi connectivity index (χ0) is 36.1. The highest BCUT2D eigenvalue weighted by atomic mass is 32.1. The molecule has 5 rings (SSSR count). The molecule has 0 aromatic carbocycles. The second kappa shape index (κ2) is 14.2. The third-order valence-corrected chi connectivity index (χ3v) is 12.1. The highest BCUT2D eigenvalue weighted by molar-refractivity contribution is 7.79. The van der Waals surface area contributed by atoms with Crippen LogP contribution in [0.15, 0.2) is 6.33 Å². The van der Waals surface area contributed by atoms with Crippen LogP contribution < -0.4 is 25.7 Å². The average molecular weight is 803 g/mol. The number of aromatic nitrogens is 4. The molecule has 2 fully saturated rings. The van der Waals surface area contributed by atoms with E-state index in [9.17, 15) is 38.0 Å². The van der Waals surface area contributed by atoms with Crippen molar-refractivity contribution in [1.29, 1.82) is 0 Å². The minimum Gasteiger partial charge on any atom is -0.756 e. The molecule has 2 aliphatic rings. The number of carbonyl (C=O) groups excluding carboxylic acids is 2. The van der Waals surface area contributed by atoms with Crippen molar-refractivity contribution in [3.63, 3.8) is 0 Å². The van der Waals surface area contributed by atoms with Crippen LogP contribution in [-0.2, 0) is 56.3 Å². The molecule has 3 aromatic heterocycles. The SMILES string of the molecule is [C-]#[N+]c1c(CS)sc(C(=O)OC)c1NC(=O)C1OC2C(COP(=O)([O-])OP(=O)([O-])OP(=O)([O-])O)OC(n3cnc4c(=S)nc(N)[nH]c43)C2O1. The lowest BCUT2D eigenvalue weighted by atomic mass is 10.1. The van der Waals surface area contributed by atoms with Crippen molar-refractivity contribution in [2.45, 2.75) is 36.6 Å². The Morgan fingerprint density at radius 2 is 1.94 bits per heavy atom. The fraction of sp³-hybridized carbons (Fsp3) is 0.400. The molecule has 266 valence electrons. The van der Waals surface area contributed by atoms with Gasteiger partial charge in [0.2, 0.25) is 12.0 Å². The van der Waals surface area contributed by atoms with E-state index in [4.69, 9.17) is 48.4 Å². The van der Waals surface area contributed by atoms with Crippen molar-refractivity contribution >= 4 is 100 Å². The highest BCUT2D eigenvalue weighted by Crippen LogP contribution is 2.61. The van der Waals surface area contributed by atoms with E-state index in [1.54, 1.807) is 0 Å². The topological polar surface area (TPSA) is 328 Å². The summed E-state index contributed by atoms with van der Waals surface area (Å²) in [7, 11) is -17.1. The number of nitrogen functional groups attached to an aromatic ring is 1. The molecule has 0 bridgehead atoms. The smallest absolute Gasteiger partial charge is 0.348 e. The molecule has 2 aliphatic heterocycles. The number of nitrogens with one attached hydrogen (secondary N) is 2. The van der Waals surface area contributed by atoms with Crippen LogP contribution in [0.2, 0.25) is 0 Å². The molecule has 29 heteroatoms. The molecule has 8 unspecified atom stereocenters. The van der Waals surface area contributed by atoms with Gasteiger partial charge in [0.25, 0.3) is 29.4 Å². The van der Waals surface area contributed by atoms with E-state index >= 15 is 0 Å². The van der Waals surface area contributed by atoms with Crippen molar-refractivity contribution in [3.05, 3.63) is 32.1 Å². The summed E-state index contributed by atoms with van der Waals surface area (Å²) in [5, 5.41) is 2.41. The fourth-order valence-corrected chi connectivity index (χ4v) is 9.10. The molecule has 8 atom stereocenters. The molecule has 2 saturated heterocycles. The van der Waals surface area contributed by atoms with Crippen LogP contribution >= 0.6 is 59.7 Å². The first-order chi connectivity index (χ1) is 22.9. The summed E-state index contributed by atoms with van der Waals surface area (Å²) in [4.78, 5) is 83.5. The van der Waals surface area contributed by atoms with Crippen LogP contribution in [-0.4, -0.2) is 74.6 Å². The van der Waals surface area contributed by atoms with Gasteiger partial charge in [0, 0.05) is 10.6 Å². The van der Waals surface area contributed by atoms with Gasteiger partial charge < -0.3 is 59.1 Å². The summed E-state index contributed by atoms with van der Waals surface area (Å²) in [5.74, 6) is -1.96. The van der Waals surface area contributed by atoms with Gasteiger partial charge in [-0.1, -0.05) is 12.2 Å². The molecule has 5 heterocycles. The Bertz CT molecular complexity index is 2060. The van der Waals surface area contributed by atoms with Gasteiger partial charge >= 0.3 is 5.97 Å². The molecule has 23 nitrogen and oxygen atoms in total. The van der Waals surface area contributed by atoms with Crippen LogP contribution in [0.5, 0.6) is 0 Å². The predicted octanol–water partition coefficient (Wildman–Crippen LogP) is -0.00672. The number of hydrogen-bond acceptors (Lipinski definition) is 21. The number of H-pyrrole nitrogens is 1. The monoisotopic (exact) mass is 802 g/mol. The molecule has 0 saturated carbocycles. The van der Waals surface area contributed by atoms with Gasteiger partial charge in [-0.3, -0.25) is 23.1 Å². The van der Waals surface area contributed by atoms with Gasteiger partial charge in [-0.15, -0.1) is 11.3 Å².